The standard InChI is InChI=1S/C18H25BrFN3O.ClH/c19-15-6-5-14(16(20)9-15)12-23-8-2-3-13(11-23)10-22-18(24)17-4-1-7-21-17;/h5-6,9,13,17,21H,1-4,7-8,10-12H2,(H,22,24);1H. The molecule has 1 aromatic carbocycles. The number of rotatable bonds is 5. The van der Waals surface area contributed by atoms with E-state index in [1.807, 2.05) is 12.1 Å². The molecule has 3 rings (SSSR count). The number of carbonyl (C=O) groups is 1. The van der Waals surface area contributed by atoms with Crippen LogP contribution < -0.4 is 10.6 Å². The molecule has 1 amide bonds. The zero-order chi connectivity index (χ0) is 16.9. The molecule has 2 heterocycles. The molecule has 140 valence electrons. The molecule has 2 saturated heterocycles. The van der Waals surface area contributed by atoms with Gasteiger partial charge in [-0.25, -0.2) is 4.39 Å². The van der Waals surface area contributed by atoms with Crippen LogP contribution in [0.4, 0.5) is 4.39 Å². The Kier molecular flexibility index (Phi) is 8.13. The second kappa shape index (κ2) is 9.86. The monoisotopic (exact) mass is 433 g/mol. The van der Waals surface area contributed by atoms with Crippen molar-refractivity contribution in [3.8, 4) is 0 Å². The van der Waals surface area contributed by atoms with Gasteiger partial charge in [-0.05, 0) is 56.8 Å². The van der Waals surface area contributed by atoms with Crippen molar-refractivity contribution in [1.82, 2.24) is 15.5 Å². The molecule has 2 aliphatic rings. The number of benzene rings is 1. The maximum Gasteiger partial charge on any atom is 0.237 e. The maximum atomic E-state index is 14.0. The van der Waals surface area contributed by atoms with Crippen LogP contribution >= 0.6 is 28.3 Å². The van der Waals surface area contributed by atoms with Crippen molar-refractivity contribution in [2.45, 2.75) is 38.3 Å². The van der Waals surface area contributed by atoms with Crippen LogP contribution in [0.2, 0.25) is 0 Å². The Hall–Kier alpha value is -0.690. The fraction of sp³-hybridized carbons (Fsp3) is 0.611. The molecule has 2 N–H and O–H groups in total. The lowest BCUT2D eigenvalue weighted by Crippen LogP contribution is -2.45. The van der Waals surface area contributed by atoms with E-state index in [2.05, 4.69) is 31.5 Å². The third kappa shape index (κ3) is 5.91. The molecule has 0 aliphatic carbocycles. The highest BCUT2D eigenvalue weighted by Crippen LogP contribution is 2.21. The highest BCUT2D eigenvalue weighted by molar-refractivity contribution is 9.10. The molecule has 0 aromatic heterocycles. The molecule has 2 atom stereocenters. The van der Waals surface area contributed by atoms with Crippen molar-refractivity contribution in [1.29, 1.82) is 0 Å². The van der Waals surface area contributed by atoms with Crippen LogP contribution in [0.5, 0.6) is 0 Å². The normalized spacial score (nSPS) is 23.9. The Balaban J connectivity index is 0.00000225. The molecule has 0 saturated carbocycles. The number of piperidine rings is 1. The Bertz CT molecular complexity index is 583. The summed E-state index contributed by atoms with van der Waals surface area (Å²) in [5.41, 5.74) is 0.734. The van der Waals surface area contributed by atoms with Crippen molar-refractivity contribution in [3.63, 3.8) is 0 Å². The van der Waals surface area contributed by atoms with Gasteiger partial charge >= 0.3 is 0 Å². The van der Waals surface area contributed by atoms with Gasteiger partial charge in [-0.2, -0.15) is 0 Å². The summed E-state index contributed by atoms with van der Waals surface area (Å²) >= 11 is 3.29. The number of halogens is 3. The summed E-state index contributed by atoms with van der Waals surface area (Å²) in [6.45, 7) is 4.19. The number of nitrogens with one attached hydrogen (secondary N) is 2. The maximum absolute atomic E-state index is 14.0. The van der Waals surface area contributed by atoms with Crippen LogP contribution in [0.25, 0.3) is 0 Å². The molecule has 7 heteroatoms. The Morgan fingerprint density at radius 2 is 2.20 bits per heavy atom. The van der Waals surface area contributed by atoms with E-state index in [0.717, 1.165) is 61.9 Å². The van der Waals surface area contributed by atoms with E-state index < -0.39 is 0 Å². The van der Waals surface area contributed by atoms with E-state index >= 15 is 0 Å². The van der Waals surface area contributed by atoms with Gasteiger partial charge in [0.15, 0.2) is 0 Å². The summed E-state index contributed by atoms with van der Waals surface area (Å²) in [4.78, 5) is 14.4. The van der Waals surface area contributed by atoms with Crippen molar-refractivity contribution >= 4 is 34.2 Å². The first-order valence-corrected chi connectivity index (χ1v) is 9.58. The molecule has 4 nitrogen and oxygen atoms in total. The predicted octanol–water partition coefficient (Wildman–Crippen LogP) is 3.09. The third-order valence-corrected chi connectivity index (χ3v) is 5.45. The van der Waals surface area contributed by atoms with Crippen molar-refractivity contribution < 1.29 is 9.18 Å². The van der Waals surface area contributed by atoms with Gasteiger partial charge in [-0.15, -0.1) is 12.4 Å². The SMILES string of the molecule is Cl.O=C(NCC1CCCN(Cc2ccc(Br)cc2F)C1)C1CCCN1. The molecule has 2 aliphatic heterocycles. The Morgan fingerprint density at radius 1 is 1.36 bits per heavy atom. The zero-order valence-corrected chi connectivity index (χ0v) is 16.7. The van der Waals surface area contributed by atoms with E-state index in [9.17, 15) is 9.18 Å². The fourth-order valence-electron chi connectivity index (χ4n) is 3.63. The predicted molar refractivity (Wildman–Crippen MR) is 103 cm³/mol. The molecule has 25 heavy (non-hydrogen) atoms. The summed E-state index contributed by atoms with van der Waals surface area (Å²) in [6, 6.07) is 5.23. The number of hydrogen-bond donors (Lipinski definition) is 2. The summed E-state index contributed by atoms with van der Waals surface area (Å²) in [6.07, 6.45) is 4.23. The highest BCUT2D eigenvalue weighted by Gasteiger charge is 2.25. The Morgan fingerprint density at radius 3 is 2.92 bits per heavy atom. The van der Waals surface area contributed by atoms with Crippen LogP contribution in [0.3, 0.4) is 0 Å². The van der Waals surface area contributed by atoms with Gasteiger partial charge in [0.1, 0.15) is 5.82 Å². The van der Waals surface area contributed by atoms with Gasteiger partial charge < -0.3 is 10.6 Å². The topological polar surface area (TPSA) is 44.4 Å². The molecule has 0 radical (unpaired) electrons. The van der Waals surface area contributed by atoms with E-state index in [1.54, 1.807) is 0 Å². The third-order valence-electron chi connectivity index (χ3n) is 4.95. The largest absolute Gasteiger partial charge is 0.354 e. The summed E-state index contributed by atoms with van der Waals surface area (Å²) in [7, 11) is 0. The smallest absolute Gasteiger partial charge is 0.237 e. The molecule has 2 unspecified atom stereocenters. The highest BCUT2D eigenvalue weighted by atomic mass is 79.9. The van der Waals surface area contributed by atoms with Crippen LogP contribution in [0.1, 0.15) is 31.2 Å². The van der Waals surface area contributed by atoms with E-state index in [4.69, 9.17) is 0 Å². The van der Waals surface area contributed by atoms with Crippen LogP contribution in [0, 0.1) is 11.7 Å². The van der Waals surface area contributed by atoms with Crippen LogP contribution in [-0.4, -0.2) is 43.0 Å². The second-order valence-corrected chi connectivity index (χ2v) is 7.79. The van der Waals surface area contributed by atoms with Crippen molar-refractivity contribution in [2.24, 2.45) is 5.92 Å². The van der Waals surface area contributed by atoms with Gasteiger partial charge in [0.2, 0.25) is 5.91 Å². The summed E-state index contributed by atoms with van der Waals surface area (Å²) in [5, 5.41) is 6.32. The van der Waals surface area contributed by atoms with Gasteiger partial charge in [-0.3, -0.25) is 9.69 Å². The second-order valence-electron chi connectivity index (χ2n) is 6.87. The molecular formula is C18H26BrClFN3O. The van der Waals surface area contributed by atoms with Crippen molar-refractivity contribution in [3.05, 3.63) is 34.1 Å². The average Bonchev–Trinajstić information content (AvgIpc) is 3.10. The average molecular weight is 435 g/mol. The molecular weight excluding hydrogens is 409 g/mol. The molecule has 2 fully saturated rings. The minimum Gasteiger partial charge on any atom is -0.354 e. The number of hydrogen-bond acceptors (Lipinski definition) is 3. The minimum absolute atomic E-state index is 0. The zero-order valence-electron chi connectivity index (χ0n) is 14.3. The number of carbonyl (C=O) groups excluding carboxylic acids is 1. The van der Waals surface area contributed by atoms with Gasteiger partial charge in [0.25, 0.3) is 0 Å². The quantitative estimate of drug-likeness (QED) is 0.748. The van der Waals surface area contributed by atoms with E-state index in [0.29, 0.717) is 12.5 Å². The first-order chi connectivity index (χ1) is 11.6. The van der Waals surface area contributed by atoms with Gasteiger partial charge in [0, 0.05) is 29.7 Å². The van der Waals surface area contributed by atoms with Crippen LogP contribution in [0.15, 0.2) is 22.7 Å². The summed E-state index contributed by atoms with van der Waals surface area (Å²) < 4.78 is 14.8. The number of nitrogens with zero attached hydrogens (tertiary/aromatic N) is 1. The summed E-state index contributed by atoms with van der Waals surface area (Å²) in [5.74, 6) is 0.415. The van der Waals surface area contributed by atoms with Gasteiger partial charge in [0.05, 0.1) is 6.04 Å². The van der Waals surface area contributed by atoms with E-state index in [-0.39, 0.29) is 30.2 Å². The fourth-order valence-corrected chi connectivity index (χ4v) is 3.96. The van der Waals surface area contributed by atoms with Gasteiger partial charge in [-0.1, -0.05) is 22.0 Å². The lowest BCUT2D eigenvalue weighted by Gasteiger charge is -2.33. The molecule has 0 spiro atoms. The number of amides is 1. The van der Waals surface area contributed by atoms with Crippen molar-refractivity contribution in [2.75, 3.05) is 26.2 Å². The number of likely N-dealkylation sites (tertiary alicyclic amines) is 1. The molecule has 1 aromatic rings. The molecule has 0 bridgehead atoms. The van der Waals surface area contributed by atoms with E-state index in [1.165, 1.54) is 6.07 Å². The lowest BCUT2D eigenvalue weighted by atomic mass is 9.97. The Labute approximate surface area is 163 Å². The first-order valence-electron chi connectivity index (χ1n) is 8.79. The minimum atomic E-state index is -0.160. The van der Waals surface area contributed by atoms with Crippen LogP contribution in [-0.2, 0) is 11.3 Å². The first kappa shape index (κ1) is 20.6. The lowest BCUT2D eigenvalue weighted by molar-refractivity contribution is -0.123.